The molecule has 0 aliphatic carbocycles. The van der Waals surface area contributed by atoms with Gasteiger partial charge in [-0.05, 0) is 138 Å². The van der Waals surface area contributed by atoms with Gasteiger partial charge in [0.05, 0.1) is 0 Å². The van der Waals surface area contributed by atoms with Crippen molar-refractivity contribution in [2.75, 3.05) is 11.7 Å². The van der Waals surface area contributed by atoms with Gasteiger partial charge in [0.1, 0.15) is 0 Å². The van der Waals surface area contributed by atoms with E-state index in [1.165, 1.54) is 78.6 Å². The van der Waals surface area contributed by atoms with Crippen molar-refractivity contribution in [3.05, 3.63) is 142 Å². The molecule has 0 spiro atoms. The fourth-order valence-electron chi connectivity index (χ4n) is 6.03. The van der Waals surface area contributed by atoms with Crippen LogP contribution in [-0.2, 0) is 0 Å². The molecule has 42 heavy (non-hydrogen) atoms. The zero-order chi connectivity index (χ0) is 29.7. The highest BCUT2D eigenvalue weighted by Gasteiger charge is 2.53. The van der Waals surface area contributed by atoms with Crippen molar-refractivity contribution in [2.45, 2.75) is 55.4 Å². The smallest absolute Gasteiger partial charge is 0.396 e. The van der Waals surface area contributed by atoms with Gasteiger partial charge in [0.2, 0.25) is 0 Å². The van der Waals surface area contributed by atoms with Gasteiger partial charge < -0.3 is 11.7 Å². The third-order valence-corrected chi connectivity index (χ3v) is 11.9. The Morgan fingerprint density at radius 3 is 1.26 bits per heavy atom. The Bertz CT molecular complexity index is 1680. The predicted octanol–water partition coefficient (Wildman–Crippen LogP) is 10.3. The number of benzene rings is 5. The van der Waals surface area contributed by atoms with E-state index in [1.54, 1.807) is 0 Å². The summed E-state index contributed by atoms with van der Waals surface area (Å²) < 4.78 is 8.00. The molecule has 210 valence electrons. The summed E-state index contributed by atoms with van der Waals surface area (Å²) in [5.74, 6) is 0. The maximum atomic E-state index is 2.67. The van der Waals surface area contributed by atoms with Crippen LogP contribution in [0.3, 0.4) is 0 Å². The lowest BCUT2D eigenvalue weighted by molar-refractivity contribution is 1.21. The molecule has 0 fully saturated rings. The van der Waals surface area contributed by atoms with Crippen LogP contribution >= 0.6 is 0 Å². The molecule has 0 atom stereocenters. The molecule has 3 nitrogen and oxygen atoms in total. The molecule has 1 heterocycles. The van der Waals surface area contributed by atoms with Crippen molar-refractivity contribution in [1.82, 2.24) is 0 Å². The Kier molecular flexibility index (Phi) is 7.39. The van der Waals surface area contributed by atoms with E-state index in [1.807, 2.05) is 0 Å². The van der Waals surface area contributed by atoms with E-state index in [-0.39, 0.29) is 0 Å². The molecule has 1 aliphatic heterocycles. The summed E-state index contributed by atoms with van der Waals surface area (Å²) in [6, 6.07) is 36.8. The molecule has 0 saturated carbocycles. The Morgan fingerprint density at radius 1 is 0.429 bits per heavy atom. The number of aryl methyl sites for hydroxylation is 8. The van der Waals surface area contributed by atoms with Crippen LogP contribution in [-0.4, -0.2) is 14.8 Å². The lowest BCUT2D eigenvalue weighted by atomic mass is 10.0. The largest absolute Gasteiger partial charge is 0.756 e. The van der Waals surface area contributed by atoms with E-state index in [9.17, 15) is 0 Å². The first-order valence-corrected chi connectivity index (χ1v) is 16.4. The molecule has 4 heteroatoms. The second-order valence-corrected chi connectivity index (χ2v) is 14.4. The average molecular weight is 566 g/mol. The first kappa shape index (κ1) is 28.2. The normalized spacial score (nSPS) is 12.6. The number of hydrogen-bond acceptors (Lipinski definition) is 3. The Balaban J connectivity index is 1.70. The van der Waals surface area contributed by atoms with Crippen LogP contribution in [0.4, 0.5) is 34.1 Å². The lowest BCUT2D eigenvalue weighted by Crippen LogP contribution is -2.56. The second kappa shape index (κ2) is 11.0. The fraction of sp³-hybridized carbons (Fsp3) is 0.211. The monoisotopic (exact) mass is 565 g/mol. The number of fused-ring (bicyclic) bond motifs is 1. The molecule has 1 aliphatic rings. The van der Waals surface area contributed by atoms with Crippen LogP contribution in [0.2, 0.25) is 0 Å². The van der Waals surface area contributed by atoms with Gasteiger partial charge in [0, 0.05) is 34.1 Å². The summed E-state index contributed by atoms with van der Waals surface area (Å²) in [6.45, 7) is 17.7. The van der Waals surface area contributed by atoms with Crippen molar-refractivity contribution in [1.29, 1.82) is 0 Å². The highest BCUT2D eigenvalue weighted by Crippen LogP contribution is 2.50. The average Bonchev–Trinajstić information content (AvgIpc) is 3.27. The minimum absolute atomic E-state index is 1.22. The molecule has 0 aromatic heterocycles. The summed E-state index contributed by atoms with van der Waals surface area (Å²) in [5, 5.41) is 0. The van der Waals surface area contributed by atoms with Crippen molar-refractivity contribution in [3.63, 3.8) is 0 Å². The van der Waals surface area contributed by atoms with Crippen LogP contribution < -0.4 is 11.7 Å². The van der Waals surface area contributed by atoms with E-state index in [2.05, 4.69) is 164 Å². The quantitative estimate of drug-likeness (QED) is 0.196. The van der Waals surface area contributed by atoms with Gasteiger partial charge >= 0.3 is 14.8 Å². The van der Waals surface area contributed by atoms with Gasteiger partial charge in [-0.25, -0.2) is 0 Å². The number of anilines is 6. The Morgan fingerprint density at radius 2 is 0.810 bits per heavy atom. The molecule has 0 bridgehead atoms. The van der Waals surface area contributed by atoms with Crippen LogP contribution in [0, 0.1) is 55.4 Å². The topological polar surface area (TPSA) is 9.72 Å². The van der Waals surface area contributed by atoms with Crippen LogP contribution in [0.5, 0.6) is 0 Å². The summed E-state index contributed by atoms with van der Waals surface area (Å²) in [5.41, 5.74) is 17.9. The third-order valence-electron chi connectivity index (χ3n) is 8.81. The number of nitrogens with zero attached hydrogens (tertiary/aromatic N) is 3. The molecule has 0 radical (unpaired) electrons. The summed E-state index contributed by atoms with van der Waals surface area (Å²) in [7, 11) is 0. The van der Waals surface area contributed by atoms with Gasteiger partial charge in [0.15, 0.2) is 0 Å². The standard InChI is InChI=1S/C22H22N2.C16H18N.Al/c1-15-5-9-19(10-6-15)23-21-13-17(3)18(4)14-22(21)24-20-11-7-16(2)8-12-20;1-11-5-7-15(8-6-11)17-16-10-13(3)12(2)9-14(16)4;/h5-14H,1-4H3;5-10H,1-4H3;/q-2;-1;+3. The zero-order valence-electron chi connectivity index (χ0n) is 26.2. The maximum Gasteiger partial charge on any atom is 0.756 e. The lowest BCUT2D eigenvalue weighted by Gasteiger charge is -2.39. The molecular weight excluding hydrogens is 525 g/mol. The minimum Gasteiger partial charge on any atom is -0.396 e. The van der Waals surface area contributed by atoms with E-state index in [4.69, 9.17) is 0 Å². The number of hydrogen-bond donors (Lipinski definition) is 0. The maximum absolute atomic E-state index is 2.67. The molecule has 5 aromatic carbocycles. The fourth-order valence-corrected chi connectivity index (χ4v) is 9.48. The highest BCUT2D eigenvalue weighted by molar-refractivity contribution is 6.77. The first-order valence-electron chi connectivity index (χ1n) is 14.9. The van der Waals surface area contributed by atoms with Crippen LogP contribution in [0.25, 0.3) is 0 Å². The third kappa shape index (κ3) is 5.00. The molecule has 0 saturated heterocycles. The van der Waals surface area contributed by atoms with Crippen molar-refractivity contribution in [3.8, 4) is 0 Å². The predicted molar refractivity (Wildman–Crippen MR) is 182 cm³/mol. The summed E-state index contributed by atoms with van der Waals surface area (Å²) in [4.78, 5) is 0. The van der Waals surface area contributed by atoms with E-state index in [0.717, 1.165) is 0 Å². The van der Waals surface area contributed by atoms with E-state index >= 15 is 0 Å². The van der Waals surface area contributed by atoms with Crippen molar-refractivity contribution < 1.29 is 0 Å². The van der Waals surface area contributed by atoms with Gasteiger partial charge in [-0.1, -0.05) is 59.2 Å². The molecule has 6 rings (SSSR count). The Labute approximate surface area is 256 Å². The van der Waals surface area contributed by atoms with Crippen LogP contribution in [0.1, 0.15) is 44.5 Å². The van der Waals surface area contributed by atoms with E-state index in [0.29, 0.717) is 0 Å². The van der Waals surface area contributed by atoms with Gasteiger partial charge in [-0.3, -0.25) is 0 Å². The van der Waals surface area contributed by atoms with Crippen LogP contribution in [0.15, 0.2) is 97.1 Å². The minimum atomic E-state index is -2.27. The summed E-state index contributed by atoms with van der Waals surface area (Å²) in [6.07, 6.45) is 0. The zero-order valence-corrected chi connectivity index (χ0v) is 27.3. The molecule has 0 N–H and O–H groups in total. The molecular formula is C38H40AlN3. The van der Waals surface area contributed by atoms with Crippen molar-refractivity contribution in [2.24, 2.45) is 0 Å². The van der Waals surface area contributed by atoms with Gasteiger partial charge in [-0.15, -0.1) is 0 Å². The summed E-state index contributed by atoms with van der Waals surface area (Å²) >= 11 is -2.27. The first-order chi connectivity index (χ1) is 20.1. The number of rotatable bonds is 5. The molecule has 0 unspecified atom stereocenters. The van der Waals surface area contributed by atoms with Gasteiger partial charge in [0.25, 0.3) is 0 Å². The van der Waals surface area contributed by atoms with E-state index < -0.39 is 14.8 Å². The Hall–Kier alpha value is -3.97. The SMILES string of the molecule is Cc1ccc([N](c2cc(C)c(C)cc2C)[Al]2[N](c3ccc(C)cc3)c3cc(C)c(C)cc3[N]2c2ccc(C)cc2)cc1. The molecule has 5 aromatic rings. The highest BCUT2D eigenvalue weighted by atomic mass is 27.2. The van der Waals surface area contributed by atoms with Crippen molar-refractivity contribution >= 4 is 48.9 Å². The second-order valence-electron chi connectivity index (χ2n) is 12.1. The molecule has 0 amide bonds. The van der Waals surface area contributed by atoms with Gasteiger partial charge in [-0.2, -0.15) is 0 Å².